The Morgan fingerprint density at radius 3 is 1.06 bits per heavy atom. The highest BCUT2D eigenvalue weighted by Crippen LogP contribution is 2.38. The summed E-state index contributed by atoms with van der Waals surface area (Å²) in [7, 11) is 1.19. The molecule has 1 N–H and O–H groups in total. The number of nitrogens with one attached hydrogen (secondary N) is 1. The van der Waals surface area contributed by atoms with Crippen molar-refractivity contribution in [2.45, 2.75) is 373 Å². The molecule has 3 unspecified atom stereocenters. The van der Waals surface area contributed by atoms with E-state index in [0.717, 1.165) is 77.0 Å². The number of phosphoric ester groups is 1. The van der Waals surface area contributed by atoms with E-state index in [1.54, 1.807) is 0 Å². The number of quaternary nitrogens is 1. The SMILES string of the molecule is CCCCC/C=C\C/C=C\C/C=C\CCCCCCCCCCCCC(=O)OC(/C=C\CCCCCCCCCCCC)C(COP(=O)([O-])OCC[N+](C)(C)C)NC(=O)CCCCCCCCCCCCCCCCCCC/C=C\C/C=C\CCCCC. The number of carbonyl (C=O) groups excluding carboxylic acids is 2. The molecule has 0 aliphatic rings. The number of unbranched alkanes of at least 4 members (excludes halogenated alkanes) is 43. The Balaban J connectivity index is 4.97. The molecule has 0 saturated carbocycles. The number of phosphoric acid groups is 1. The molecule has 0 aromatic carbocycles. The summed E-state index contributed by atoms with van der Waals surface area (Å²) in [5.41, 5.74) is 0. The number of ether oxygens (including phenoxy) is 1. The molecule has 0 aliphatic carbocycles. The van der Waals surface area contributed by atoms with Crippen LogP contribution in [0.25, 0.3) is 0 Å². The fraction of sp³-hybridized carbons (Fsp3) is 0.821. The molecular weight excluding hydrogens is 1110 g/mol. The third kappa shape index (κ3) is 67.8. The van der Waals surface area contributed by atoms with Crippen molar-refractivity contribution in [2.75, 3.05) is 40.9 Å². The molecule has 0 aromatic heterocycles. The van der Waals surface area contributed by atoms with Gasteiger partial charge < -0.3 is 28.5 Å². The number of likely N-dealkylation sites (N-methyl/N-ethyl adjacent to an activating group) is 1. The Labute approximate surface area is 546 Å². The maximum absolute atomic E-state index is 13.6. The summed E-state index contributed by atoms with van der Waals surface area (Å²) in [4.78, 5) is 40.3. The van der Waals surface area contributed by atoms with Crippen LogP contribution in [0.5, 0.6) is 0 Å². The van der Waals surface area contributed by atoms with E-state index in [0.29, 0.717) is 17.4 Å². The fourth-order valence-electron chi connectivity index (χ4n) is 11.0. The molecule has 0 radical (unpaired) electrons. The summed E-state index contributed by atoms with van der Waals surface area (Å²) in [6.07, 6.45) is 88.9. The highest BCUT2D eigenvalue weighted by molar-refractivity contribution is 7.45. The third-order valence-corrected chi connectivity index (χ3v) is 17.8. The zero-order valence-corrected chi connectivity index (χ0v) is 59.8. The summed E-state index contributed by atoms with van der Waals surface area (Å²) in [6.45, 7) is 6.83. The fourth-order valence-corrected chi connectivity index (χ4v) is 11.8. The van der Waals surface area contributed by atoms with Gasteiger partial charge in [0.2, 0.25) is 5.91 Å². The van der Waals surface area contributed by atoms with Crippen LogP contribution >= 0.6 is 7.82 Å². The molecule has 0 fully saturated rings. The van der Waals surface area contributed by atoms with E-state index in [1.165, 1.54) is 250 Å². The Morgan fingerprint density at radius 2 is 0.693 bits per heavy atom. The van der Waals surface area contributed by atoms with E-state index in [1.807, 2.05) is 33.3 Å². The van der Waals surface area contributed by atoms with Gasteiger partial charge in [0.25, 0.3) is 7.82 Å². The van der Waals surface area contributed by atoms with Gasteiger partial charge in [-0.3, -0.25) is 14.2 Å². The van der Waals surface area contributed by atoms with Gasteiger partial charge in [-0.2, -0.15) is 0 Å². The highest BCUT2D eigenvalue weighted by atomic mass is 31.2. The second-order valence-corrected chi connectivity index (χ2v) is 28.2. The van der Waals surface area contributed by atoms with Crippen molar-refractivity contribution in [3.05, 3.63) is 72.9 Å². The standard InChI is InChI=1S/C78H145N2O7P/c1-7-10-13-16-19-22-25-28-30-32-34-36-38-39-40-41-43-44-46-48-50-52-55-58-61-64-67-70-77(81)79-75(74-86-88(83,84)85-73-72-80(4,5)6)76(69-66-63-60-57-54-27-24-21-18-15-12-9-3)87-78(82)71-68-65-62-59-56-53-51-49-47-45-42-37-35-33-31-29-26-23-20-17-14-11-8-2/h19-20,22-23,28-31,35,37,66,69,75-76H,7-18,21,24-27,32-34,36,38-65,67-68,70-74H2,1-6H3,(H-,79,81,83,84)/b22-19-,23-20-,30-28-,31-29-,37-35-,69-66-. The van der Waals surface area contributed by atoms with Gasteiger partial charge in [0.15, 0.2) is 0 Å². The van der Waals surface area contributed by atoms with Crippen molar-refractivity contribution >= 4 is 19.7 Å². The quantitative estimate of drug-likeness (QED) is 0.0212. The number of nitrogens with zero attached hydrogens (tertiary/aromatic N) is 1. The maximum atomic E-state index is 13.6. The Bertz CT molecular complexity index is 1730. The van der Waals surface area contributed by atoms with E-state index in [2.05, 4.69) is 86.8 Å². The van der Waals surface area contributed by atoms with Crippen LogP contribution in [-0.4, -0.2) is 69.4 Å². The Morgan fingerprint density at radius 1 is 0.398 bits per heavy atom. The van der Waals surface area contributed by atoms with Gasteiger partial charge in [-0.1, -0.05) is 319 Å². The molecule has 0 rings (SSSR count). The molecule has 88 heavy (non-hydrogen) atoms. The lowest BCUT2D eigenvalue weighted by Gasteiger charge is -2.30. The maximum Gasteiger partial charge on any atom is 0.306 e. The van der Waals surface area contributed by atoms with Crippen LogP contribution in [0.15, 0.2) is 72.9 Å². The topological polar surface area (TPSA) is 114 Å². The molecule has 0 aliphatic heterocycles. The van der Waals surface area contributed by atoms with E-state index in [-0.39, 0.29) is 31.5 Å². The zero-order chi connectivity index (χ0) is 64.2. The van der Waals surface area contributed by atoms with Crippen molar-refractivity contribution in [1.82, 2.24) is 5.32 Å². The first-order valence-corrected chi connectivity index (χ1v) is 39.2. The van der Waals surface area contributed by atoms with Crippen molar-refractivity contribution in [3.63, 3.8) is 0 Å². The van der Waals surface area contributed by atoms with Gasteiger partial charge >= 0.3 is 5.97 Å². The number of allylic oxidation sites excluding steroid dienone is 11. The molecule has 9 nitrogen and oxygen atoms in total. The lowest BCUT2D eigenvalue weighted by Crippen LogP contribution is -2.47. The van der Waals surface area contributed by atoms with Crippen LogP contribution < -0.4 is 10.2 Å². The van der Waals surface area contributed by atoms with E-state index >= 15 is 0 Å². The molecule has 0 bridgehead atoms. The van der Waals surface area contributed by atoms with Gasteiger partial charge in [0, 0.05) is 12.8 Å². The van der Waals surface area contributed by atoms with E-state index < -0.39 is 20.0 Å². The highest BCUT2D eigenvalue weighted by Gasteiger charge is 2.27. The van der Waals surface area contributed by atoms with Gasteiger partial charge in [-0.05, 0) is 102 Å². The summed E-state index contributed by atoms with van der Waals surface area (Å²) < 4.78 is 30.5. The third-order valence-electron chi connectivity index (χ3n) is 16.9. The van der Waals surface area contributed by atoms with Crippen LogP contribution in [0.1, 0.15) is 361 Å². The number of hydrogen-bond acceptors (Lipinski definition) is 7. The molecule has 1 amide bonds. The summed E-state index contributed by atoms with van der Waals surface area (Å²) in [5.74, 6) is -0.532. The lowest BCUT2D eigenvalue weighted by molar-refractivity contribution is -0.870. The Kier molecular flexibility index (Phi) is 65.4. The van der Waals surface area contributed by atoms with Crippen LogP contribution in [0.4, 0.5) is 0 Å². The average molecular weight is 1250 g/mol. The van der Waals surface area contributed by atoms with Gasteiger partial charge in [0.1, 0.15) is 19.3 Å². The number of hydrogen-bond donors (Lipinski definition) is 1. The van der Waals surface area contributed by atoms with Crippen molar-refractivity contribution < 1.29 is 37.3 Å². The number of carbonyl (C=O) groups is 2. The molecule has 0 aromatic rings. The van der Waals surface area contributed by atoms with Crippen molar-refractivity contribution in [2.24, 2.45) is 0 Å². The monoisotopic (exact) mass is 1250 g/mol. The zero-order valence-electron chi connectivity index (χ0n) is 58.9. The minimum atomic E-state index is -4.71. The summed E-state index contributed by atoms with van der Waals surface area (Å²) in [6, 6.07) is -0.892. The summed E-state index contributed by atoms with van der Waals surface area (Å²) in [5, 5.41) is 3.05. The lowest BCUT2D eigenvalue weighted by atomic mass is 10.0. The molecule has 0 heterocycles. The average Bonchev–Trinajstić information content (AvgIpc) is 3.71. The van der Waals surface area contributed by atoms with Crippen LogP contribution in [0.3, 0.4) is 0 Å². The second kappa shape index (κ2) is 67.3. The number of amides is 1. The second-order valence-electron chi connectivity index (χ2n) is 26.8. The molecule has 0 saturated heterocycles. The largest absolute Gasteiger partial charge is 0.756 e. The molecule has 10 heteroatoms. The predicted octanol–water partition coefficient (Wildman–Crippen LogP) is 23.7. The van der Waals surface area contributed by atoms with Gasteiger partial charge in [0.05, 0.1) is 33.8 Å². The van der Waals surface area contributed by atoms with Crippen LogP contribution in [0.2, 0.25) is 0 Å². The normalized spacial score (nSPS) is 13.9. The minimum Gasteiger partial charge on any atom is -0.756 e. The number of esters is 1. The first-order chi connectivity index (χ1) is 42.9. The van der Waals surface area contributed by atoms with Gasteiger partial charge in [-0.15, -0.1) is 0 Å². The molecular formula is C78H145N2O7P. The predicted molar refractivity (Wildman–Crippen MR) is 381 cm³/mol. The molecule has 0 spiro atoms. The van der Waals surface area contributed by atoms with Crippen LogP contribution in [0, 0.1) is 0 Å². The molecule has 514 valence electrons. The van der Waals surface area contributed by atoms with Crippen molar-refractivity contribution in [1.29, 1.82) is 0 Å². The number of rotatable bonds is 69. The first-order valence-electron chi connectivity index (χ1n) is 37.7. The van der Waals surface area contributed by atoms with Crippen LogP contribution in [-0.2, 0) is 27.9 Å². The first kappa shape index (κ1) is 85.5. The minimum absolute atomic E-state index is 0.0232. The summed E-state index contributed by atoms with van der Waals surface area (Å²) >= 11 is 0. The van der Waals surface area contributed by atoms with Gasteiger partial charge in [-0.25, -0.2) is 0 Å². The Hall–Kier alpha value is -2.55. The van der Waals surface area contributed by atoms with E-state index in [4.69, 9.17) is 13.8 Å². The van der Waals surface area contributed by atoms with Crippen molar-refractivity contribution in [3.8, 4) is 0 Å². The molecule has 3 atom stereocenters. The van der Waals surface area contributed by atoms with E-state index in [9.17, 15) is 19.0 Å². The smallest absolute Gasteiger partial charge is 0.306 e.